The van der Waals surface area contributed by atoms with Crippen LogP contribution in [0.2, 0.25) is 5.02 Å². The number of halogens is 1. The molecule has 1 unspecified atom stereocenters. The van der Waals surface area contributed by atoms with Gasteiger partial charge in [-0.15, -0.1) is 11.8 Å². The molecule has 0 radical (unpaired) electrons. The summed E-state index contributed by atoms with van der Waals surface area (Å²) in [5.74, 6) is -0.295. The molecule has 1 heterocycles. The van der Waals surface area contributed by atoms with Crippen molar-refractivity contribution in [3.63, 3.8) is 0 Å². The van der Waals surface area contributed by atoms with E-state index in [1.54, 1.807) is 0 Å². The molecule has 0 aliphatic carbocycles. The molecule has 1 saturated heterocycles. The molecule has 1 aliphatic rings. The fourth-order valence-corrected chi connectivity index (χ4v) is 4.52. The molecule has 1 fully saturated rings. The van der Waals surface area contributed by atoms with Crippen molar-refractivity contribution in [3.05, 3.63) is 64.7 Å². The number of amides is 2. The monoisotopic (exact) mass is 415 g/mol. The zero-order valence-electron chi connectivity index (χ0n) is 16.6. The number of imide groups is 1. The van der Waals surface area contributed by atoms with Gasteiger partial charge in [0.25, 0.3) is 5.91 Å². The average Bonchev–Trinajstić information content (AvgIpc) is 2.84. The second-order valence-corrected chi connectivity index (χ2v) is 9.89. The van der Waals surface area contributed by atoms with Crippen LogP contribution in [0.25, 0.3) is 0 Å². The largest absolute Gasteiger partial charge is 0.278 e. The Kier molecular flexibility index (Phi) is 6.51. The minimum absolute atomic E-state index is 0.0281. The molecule has 0 saturated carbocycles. The highest BCUT2D eigenvalue weighted by Gasteiger charge is 2.32. The van der Waals surface area contributed by atoms with Crippen molar-refractivity contribution in [2.24, 2.45) is 0 Å². The standard InChI is InChI=1S/C23H26ClNO2S/c1-23(2,3)17-9-7-16(8-10-17)21(26)25-15-5-4-6-20(22(25)27)28-19-13-11-18(24)12-14-19/h7-14,20H,4-6,15H2,1-3H3. The Morgan fingerprint density at radius 3 is 2.29 bits per heavy atom. The summed E-state index contributed by atoms with van der Waals surface area (Å²) >= 11 is 7.47. The normalized spacial score (nSPS) is 18.1. The fraction of sp³-hybridized carbons (Fsp3) is 0.391. The SMILES string of the molecule is CC(C)(C)c1ccc(C(=O)N2CCCCC(Sc3ccc(Cl)cc3)C2=O)cc1. The van der Waals surface area contributed by atoms with Gasteiger partial charge < -0.3 is 0 Å². The lowest BCUT2D eigenvalue weighted by atomic mass is 9.86. The topological polar surface area (TPSA) is 37.4 Å². The van der Waals surface area contributed by atoms with Crippen LogP contribution in [-0.4, -0.2) is 28.5 Å². The van der Waals surface area contributed by atoms with Crippen LogP contribution in [-0.2, 0) is 10.2 Å². The quantitative estimate of drug-likeness (QED) is 0.581. The summed E-state index contributed by atoms with van der Waals surface area (Å²) in [7, 11) is 0. The summed E-state index contributed by atoms with van der Waals surface area (Å²) < 4.78 is 0. The molecule has 1 atom stereocenters. The van der Waals surface area contributed by atoms with Crippen LogP contribution < -0.4 is 0 Å². The minimum atomic E-state index is -0.249. The number of hydrogen-bond donors (Lipinski definition) is 0. The lowest BCUT2D eigenvalue weighted by molar-refractivity contribution is -0.127. The third kappa shape index (κ3) is 4.98. The maximum atomic E-state index is 13.1. The van der Waals surface area contributed by atoms with E-state index >= 15 is 0 Å². The lowest BCUT2D eigenvalue weighted by Gasteiger charge is -2.23. The Morgan fingerprint density at radius 1 is 1.04 bits per heavy atom. The van der Waals surface area contributed by atoms with E-state index in [1.165, 1.54) is 22.2 Å². The van der Waals surface area contributed by atoms with Gasteiger partial charge in [-0.2, -0.15) is 0 Å². The summed E-state index contributed by atoms with van der Waals surface area (Å²) in [4.78, 5) is 28.6. The third-order valence-corrected chi connectivity index (χ3v) is 6.49. The van der Waals surface area contributed by atoms with Gasteiger partial charge in [-0.25, -0.2) is 0 Å². The molecule has 1 aliphatic heterocycles. The van der Waals surface area contributed by atoms with E-state index in [0.717, 1.165) is 24.2 Å². The Morgan fingerprint density at radius 2 is 1.68 bits per heavy atom. The average molecular weight is 416 g/mol. The number of rotatable bonds is 3. The highest BCUT2D eigenvalue weighted by atomic mass is 35.5. The molecule has 0 aromatic heterocycles. The van der Waals surface area contributed by atoms with E-state index in [4.69, 9.17) is 11.6 Å². The fourth-order valence-electron chi connectivity index (χ4n) is 3.26. The maximum Gasteiger partial charge on any atom is 0.260 e. The van der Waals surface area contributed by atoms with Gasteiger partial charge in [0.1, 0.15) is 0 Å². The van der Waals surface area contributed by atoms with Crippen molar-refractivity contribution in [2.45, 2.75) is 55.6 Å². The van der Waals surface area contributed by atoms with E-state index < -0.39 is 0 Å². The van der Waals surface area contributed by atoms with Gasteiger partial charge in [-0.1, -0.05) is 50.9 Å². The smallest absolute Gasteiger partial charge is 0.260 e. The van der Waals surface area contributed by atoms with Gasteiger partial charge in [0.05, 0.1) is 5.25 Å². The Balaban J connectivity index is 1.77. The van der Waals surface area contributed by atoms with Gasteiger partial charge in [0.15, 0.2) is 0 Å². The number of carbonyl (C=O) groups is 2. The molecule has 2 aromatic carbocycles. The van der Waals surface area contributed by atoms with Crippen molar-refractivity contribution in [2.75, 3.05) is 6.54 Å². The first-order valence-electron chi connectivity index (χ1n) is 9.64. The Bertz CT molecular complexity index is 840. The molecule has 2 amide bonds. The van der Waals surface area contributed by atoms with Crippen molar-refractivity contribution in [3.8, 4) is 0 Å². The first kappa shape index (κ1) is 20.9. The van der Waals surface area contributed by atoms with Crippen molar-refractivity contribution in [1.29, 1.82) is 0 Å². The highest BCUT2D eigenvalue weighted by Crippen LogP contribution is 2.31. The van der Waals surface area contributed by atoms with E-state index in [9.17, 15) is 9.59 Å². The predicted molar refractivity (Wildman–Crippen MR) is 116 cm³/mol. The van der Waals surface area contributed by atoms with Crippen molar-refractivity contribution >= 4 is 35.2 Å². The zero-order valence-corrected chi connectivity index (χ0v) is 18.1. The Hall–Kier alpha value is -1.78. The number of likely N-dealkylation sites (tertiary alicyclic amines) is 1. The van der Waals surface area contributed by atoms with Crippen molar-refractivity contribution < 1.29 is 9.59 Å². The van der Waals surface area contributed by atoms with Crippen LogP contribution in [0.3, 0.4) is 0 Å². The second kappa shape index (κ2) is 8.71. The van der Waals surface area contributed by atoms with Crippen LogP contribution in [0, 0.1) is 0 Å². The molecular weight excluding hydrogens is 390 g/mol. The summed E-state index contributed by atoms with van der Waals surface area (Å²) in [6.07, 6.45) is 2.55. The number of hydrogen-bond acceptors (Lipinski definition) is 3. The minimum Gasteiger partial charge on any atom is -0.278 e. The van der Waals surface area contributed by atoms with Gasteiger partial charge >= 0.3 is 0 Å². The third-order valence-electron chi connectivity index (χ3n) is 4.97. The molecule has 148 valence electrons. The van der Waals surface area contributed by atoms with Crippen LogP contribution in [0.5, 0.6) is 0 Å². The first-order valence-corrected chi connectivity index (χ1v) is 10.9. The molecule has 3 rings (SSSR count). The molecule has 0 spiro atoms. The van der Waals surface area contributed by atoms with E-state index in [2.05, 4.69) is 20.8 Å². The highest BCUT2D eigenvalue weighted by molar-refractivity contribution is 8.00. The summed E-state index contributed by atoms with van der Waals surface area (Å²) in [5, 5.41) is 0.425. The number of thioether (sulfide) groups is 1. The second-order valence-electron chi connectivity index (χ2n) is 8.18. The van der Waals surface area contributed by atoms with E-state index in [-0.39, 0.29) is 22.5 Å². The number of benzene rings is 2. The van der Waals surface area contributed by atoms with E-state index in [1.807, 2.05) is 48.5 Å². The van der Waals surface area contributed by atoms with Gasteiger partial charge in [0.2, 0.25) is 5.91 Å². The summed E-state index contributed by atoms with van der Waals surface area (Å²) in [6, 6.07) is 15.1. The molecular formula is C23H26ClNO2S. The first-order chi connectivity index (χ1) is 13.3. The molecule has 28 heavy (non-hydrogen) atoms. The molecule has 0 N–H and O–H groups in total. The van der Waals surface area contributed by atoms with Crippen LogP contribution in [0.4, 0.5) is 0 Å². The maximum absolute atomic E-state index is 13.1. The molecule has 2 aromatic rings. The lowest BCUT2D eigenvalue weighted by Crippen LogP contribution is -2.41. The predicted octanol–water partition coefficient (Wildman–Crippen LogP) is 5.95. The molecule has 0 bridgehead atoms. The number of nitrogens with zero attached hydrogens (tertiary/aromatic N) is 1. The Labute approximate surface area is 176 Å². The van der Waals surface area contributed by atoms with Crippen LogP contribution >= 0.6 is 23.4 Å². The summed E-state index contributed by atoms with van der Waals surface area (Å²) in [5.41, 5.74) is 1.77. The zero-order chi connectivity index (χ0) is 20.3. The van der Waals surface area contributed by atoms with Gasteiger partial charge in [-0.05, 0) is 60.2 Å². The molecule has 3 nitrogen and oxygen atoms in total. The van der Waals surface area contributed by atoms with Crippen LogP contribution in [0.1, 0.15) is 56.0 Å². The van der Waals surface area contributed by atoms with Gasteiger partial charge in [0, 0.05) is 22.0 Å². The van der Waals surface area contributed by atoms with Gasteiger partial charge in [-0.3, -0.25) is 14.5 Å². The summed E-state index contributed by atoms with van der Waals surface area (Å²) in [6.45, 7) is 6.90. The van der Waals surface area contributed by atoms with E-state index in [0.29, 0.717) is 17.1 Å². The van der Waals surface area contributed by atoms with Crippen LogP contribution in [0.15, 0.2) is 53.4 Å². The molecule has 5 heteroatoms. The van der Waals surface area contributed by atoms with Crippen molar-refractivity contribution in [1.82, 2.24) is 4.90 Å². The number of carbonyl (C=O) groups excluding carboxylic acids is 2.